The minimum Gasteiger partial charge on any atom is -0.487 e. The summed E-state index contributed by atoms with van der Waals surface area (Å²) in [6.07, 6.45) is 4.03. The number of para-hydroxylation sites is 1. The Bertz CT molecular complexity index is 534. The fraction of sp³-hybridized carbons (Fsp3) is 0.214. The molecule has 1 heterocycles. The topological polar surface area (TPSA) is 48.1 Å². The number of thiazole rings is 1. The SMILES string of the molecule is CC=Cc1ccccc1OCc1csc(CN)n1. The number of nitrogens with zero attached hydrogens (tertiary/aromatic N) is 1. The van der Waals surface area contributed by atoms with Gasteiger partial charge < -0.3 is 10.5 Å². The number of aromatic nitrogens is 1. The van der Waals surface area contributed by atoms with E-state index >= 15 is 0 Å². The van der Waals surface area contributed by atoms with Crippen LogP contribution in [0.5, 0.6) is 5.75 Å². The monoisotopic (exact) mass is 260 g/mol. The number of ether oxygens (including phenoxy) is 1. The second-order valence-corrected chi connectivity index (χ2v) is 4.71. The number of hydrogen-bond acceptors (Lipinski definition) is 4. The van der Waals surface area contributed by atoms with E-state index in [2.05, 4.69) is 4.98 Å². The molecule has 94 valence electrons. The zero-order valence-corrected chi connectivity index (χ0v) is 11.1. The van der Waals surface area contributed by atoms with Gasteiger partial charge in [-0.05, 0) is 13.0 Å². The van der Waals surface area contributed by atoms with Crippen LogP contribution < -0.4 is 10.5 Å². The lowest BCUT2D eigenvalue weighted by Gasteiger charge is -2.07. The van der Waals surface area contributed by atoms with E-state index in [0.717, 1.165) is 22.0 Å². The van der Waals surface area contributed by atoms with Crippen molar-refractivity contribution >= 4 is 17.4 Å². The van der Waals surface area contributed by atoms with Crippen LogP contribution in [-0.4, -0.2) is 4.98 Å². The van der Waals surface area contributed by atoms with Gasteiger partial charge in [0, 0.05) is 17.5 Å². The van der Waals surface area contributed by atoms with Gasteiger partial charge in [0.15, 0.2) is 0 Å². The molecule has 1 aromatic carbocycles. The average molecular weight is 260 g/mol. The van der Waals surface area contributed by atoms with Gasteiger partial charge in [0.1, 0.15) is 17.4 Å². The highest BCUT2D eigenvalue weighted by Gasteiger charge is 2.03. The lowest BCUT2D eigenvalue weighted by atomic mass is 10.2. The van der Waals surface area contributed by atoms with E-state index in [1.807, 2.05) is 48.7 Å². The smallest absolute Gasteiger partial charge is 0.131 e. The highest BCUT2D eigenvalue weighted by molar-refractivity contribution is 7.09. The molecule has 2 aromatic rings. The Hall–Kier alpha value is -1.65. The molecule has 4 heteroatoms. The minimum absolute atomic E-state index is 0.477. The Morgan fingerprint density at radius 2 is 2.22 bits per heavy atom. The van der Waals surface area contributed by atoms with E-state index in [1.165, 1.54) is 0 Å². The molecule has 0 spiro atoms. The van der Waals surface area contributed by atoms with E-state index in [1.54, 1.807) is 11.3 Å². The zero-order chi connectivity index (χ0) is 12.8. The third kappa shape index (κ3) is 3.18. The molecular formula is C14H16N2OS. The van der Waals surface area contributed by atoms with Crippen LogP contribution in [0.2, 0.25) is 0 Å². The van der Waals surface area contributed by atoms with Crippen LogP contribution in [0.3, 0.4) is 0 Å². The molecule has 18 heavy (non-hydrogen) atoms. The molecule has 0 saturated carbocycles. The van der Waals surface area contributed by atoms with Gasteiger partial charge in [-0.25, -0.2) is 4.98 Å². The van der Waals surface area contributed by atoms with E-state index in [0.29, 0.717) is 13.2 Å². The summed E-state index contributed by atoms with van der Waals surface area (Å²) in [5.41, 5.74) is 7.54. The minimum atomic E-state index is 0.477. The Kier molecular flexibility index (Phi) is 4.50. The summed E-state index contributed by atoms with van der Waals surface area (Å²) in [7, 11) is 0. The van der Waals surface area contributed by atoms with Crippen LogP contribution in [0.15, 0.2) is 35.7 Å². The van der Waals surface area contributed by atoms with Gasteiger partial charge in [0.2, 0.25) is 0 Å². The maximum atomic E-state index is 5.79. The molecule has 0 fully saturated rings. The summed E-state index contributed by atoms with van der Waals surface area (Å²) >= 11 is 1.57. The highest BCUT2D eigenvalue weighted by atomic mass is 32.1. The molecule has 0 radical (unpaired) electrons. The first-order valence-electron chi connectivity index (χ1n) is 5.81. The summed E-state index contributed by atoms with van der Waals surface area (Å²) in [6, 6.07) is 7.96. The van der Waals surface area contributed by atoms with Crippen LogP contribution in [0.25, 0.3) is 6.08 Å². The average Bonchev–Trinajstić information content (AvgIpc) is 2.86. The lowest BCUT2D eigenvalue weighted by Crippen LogP contribution is -1.99. The Labute approximate surface area is 111 Å². The van der Waals surface area contributed by atoms with Crippen LogP contribution in [0.1, 0.15) is 23.2 Å². The fourth-order valence-corrected chi connectivity index (χ4v) is 2.25. The van der Waals surface area contributed by atoms with Crippen LogP contribution in [0.4, 0.5) is 0 Å². The first-order valence-corrected chi connectivity index (χ1v) is 6.69. The molecule has 0 amide bonds. The van der Waals surface area contributed by atoms with Crippen molar-refractivity contribution in [2.75, 3.05) is 0 Å². The first kappa shape index (κ1) is 12.8. The van der Waals surface area contributed by atoms with Gasteiger partial charge in [-0.1, -0.05) is 30.4 Å². The van der Waals surface area contributed by atoms with Gasteiger partial charge >= 0.3 is 0 Å². The molecule has 0 bridgehead atoms. The van der Waals surface area contributed by atoms with Gasteiger partial charge in [0.05, 0.1) is 5.69 Å². The number of nitrogens with two attached hydrogens (primary N) is 1. The molecular weight excluding hydrogens is 244 g/mol. The summed E-state index contributed by atoms with van der Waals surface area (Å²) in [6.45, 7) is 2.95. The van der Waals surface area contributed by atoms with Gasteiger partial charge in [-0.15, -0.1) is 11.3 Å². The molecule has 3 nitrogen and oxygen atoms in total. The predicted molar refractivity (Wildman–Crippen MR) is 75.5 cm³/mol. The standard InChI is InChI=1S/C14H16N2OS/c1-2-5-11-6-3-4-7-13(11)17-9-12-10-18-14(8-15)16-12/h2-7,10H,8-9,15H2,1H3. The molecule has 0 unspecified atom stereocenters. The van der Waals surface area contributed by atoms with E-state index in [9.17, 15) is 0 Å². The van der Waals surface area contributed by atoms with Crippen molar-refractivity contribution in [1.82, 2.24) is 4.98 Å². The Morgan fingerprint density at radius 1 is 1.39 bits per heavy atom. The second kappa shape index (κ2) is 6.33. The molecule has 0 atom stereocenters. The summed E-state index contributed by atoms with van der Waals surface area (Å²) in [4.78, 5) is 4.37. The third-order valence-electron chi connectivity index (χ3n) is 2.41. The van der Waals surface area contributed by atoms with Gasteiger partial charge in [0.25, 0.3) is 0 Å². The molecule has 2 rings (SSSR count). The van der Waals surface area contributed by atoms with Gasteiger partial charge in [-0.3, -0.25) is 0 Å². The number of allylic oxidation sites excluding steroid dienone is 1. The number of benzene rings is 1. The molecule has 1 aromatic heterocycles. The van der Waals surface area contributed by atoms with Crippen LogP contribution in [0, 0.1) is 0 Å². The van der Waals surface area contributed by atoms with Gasteiger partial charge in [-0.2, -0.15) is 0 Å². The first-order chi connectivity index (χ1) is 8.83. The molecule has 2 N–H and O–H groups in total. The highest BCUT2D eigenvalue weighted by Crippen LogP contribution is 2.21. The van der Waals surface area contributed by atoms with E-state index in [-0.39, 0.29) is 0 Å². The maximum absolute atomic E-state index is 5.79. The number of hydrogen-bond donors (Lipinski definition) is 1. The largest absolute Gasteiger partial charge is 0.487 e. The van der Waals surface area contributed by atoms with E-state index in [4.69, 9.17) is 10.5 Å². The Morgan fingerprint density at radius 3 is 2.94 bits per heavy atom. The lowest BCUT2D eigenvalue weighted by molar-refractivity contribution is 0.301. The quantitative estimate of drug-likeness (QED) is 0.898. The summed E-state index contributed by atoms with van der Waals surface area (Å²) < 4.78 is 5.79. The van der Waals surface area contributed by atoms with Crippen molar-refractivity contribution in [3.63, 3.8) is 0 Å². The van der Waals surface area contributed by atoms with Crippen molar-refractivity contribution < 1.29 is 4.74 Å². The van der Waals surface area contributed by atoms with Crippen molar-refractivity contribution in [3.8, 4) is 5.75 Å². The third-order valence-corrected chi connectivity index (χ3v) is 3.33. The van der Waals surface area contributed by atoms with E-state index < -0.39 is 0 Å². The maximum Gasteiger partial charge on any atom is 0.131 e. The second-order valence-electron chi connectivity index (χ2n) is 3.76. The van der Waals surface area contributed by atoms with Crippen molar-refractivity contribution in [2.24, 2.45) is 5.73 Å². The summed E-state index contributed by atoms with van der Waals surface area (Å²) in [5, 5.41) is 2.93. The fourth-order valence-electron chi connectivity index (χ4n) is 1.59. The predicted octanol–water partition coefficient (Wildman–Crippen LogP) is 3.21. The molecule has 0 aliphatic rings. The molecule has 0 saturated heterocycles. The normalized spacial score (nSPS) is 11.0. The van der Waals surface area contributed by atoms with Crippen LogP contribution in [-0.2, 0) is 13.2 Å². The van der Waals surface area contributed by atoms with Crippen LogP contribution >= 0.6 is 11.3 Å². The Balaban J connectivity index is 2.05. The molecule has 0 aliphatic carbocycles. The zero-order valence-electron chi connectivity index (χ0n) is 10.3. The van der Waals surface area contributed by atoms with Crippen molar-refractivity contribution in [2.45, 2.75) is 20.1 Å². The summed E-state index contributed by atoms with van der Waals surface area (Å²) in [5.74, 6) is 0.873. The molecule has 0 aliphatic heterocycles. The van der Waals surface area contributed by atoms with Crippen molar-refractivity contribution in [1.29, 1.82) is 0 Å². The number of rotatable bonds is 5. The van der Waals surface area contributed by atoms with Crippen molar-refractivity contribution in [3.05, 3.63) is 52.0 Å².